The minimum absolute atomic E-state index is 1.01. The molecule has 0 saturated heterocycles. The predicted octanol–water partition coefficient (Wildman–Crippen LogP) is 2.35. The molecule has 0 radical (unpaired) electrons. The smallest absolute Gasteiger partial charge is 0.137 e. The van der Waals surface area contributed by atoms with Crippen molar-refractivity contribution < 1.29 is 4.74 Å². The van der Waals surface area contributed by atoms with E-state index in [1.165, 1.54) is 9.40 Å². The summed E-state index contributed by atoms with van der Waals surface area (Å²) < 4.78 is 7.61. The van der Waals surface area contributed by atoms with Crippen LogP contribution in [-0.2, 0) is 0 Å². The largest absolute Gasteiger partial charge is 0.495 e. The first-order chi connectivity index (χ1) is 4.40. The summed E-state index contributed by atoms with van der Waals surface area (Å²) in [6.07, 6.45) is 0. The zero-order chi connectivity index (χ0) is 6.27. The molecule has 2 bridgehead atoms. The van der Waals surface area contributed by atoms with Crippen LogP contribution in [0.25, 0.3) is 9.40 Å². The van der Waals surface area contributed by atoms with Crippen LogP contribution in [0.15, 0.2) is 18.2 Å². The summed E-state index contributed by atoms with van der Waals surface area (Å²) in [5.74, 6) is 1.01. The normalized spacial score (nSPS) is 10.8. The fourth-order valence-electron chi connectivity index (χ4n) is 0.923. The molecule has 0 aliphatic heterocycles. The molecule has 46 valence electrons. The number of hydrogen-bond donors (Lipinski definition) is 0. The molecule has 9 heavy (non-hydrogen) atoms. The highest BCUT2D eigenvalue weighted by molar-refractivity contribution is 7.24. The van der Waals surface area contributed by atoms with Crippen LogP contribution in [0.1, 0.15) is 0 Å². The molecule has 2 heteroatoms. The van der Waals surface area contributed by atoms with Gasteiger partial charge in [-0.25, -0.2) is 0 Å². The van der Waals surface area contributed by atoms with E-state index < -0.39 is 0 Å². The summed E-state index contributed by atoms with van der Waals surface area (Å²) in [7, 11) is 1.70. The molecule has 0 amide bonds. The number of hydrogen-bond acceptors (Lipinski definition) is 2. The van der Waals surface area contributed by atoms with Crippen molar-refractivity contribution in [1.82, 2.24) is 0 Å². The van der Waals surface area contributed by atoms with E-state index >= 15 is 0 Å². The standard InChI is InChI=1S/C7H6OS/c1-8-6-4-5-2-3-7(6)9-5/h2-4H,1H3. The molecule has 0 spiro atoms. The summed E-state index contributed by atoms with van der Waals surface area (Å²) in [6.45, 7) is 0. The van der Waals surface area contributed by atoms with Crippen molar-refractivity contribution in [1.29, 1.82) is 0 Å². The Kier molecular flexibility index (Phi) is 0.904. The monoisotopic (exact) mass is 138 g/mol. The summed E-state index contributed by atoms with van der Waals surface area (Å²) in [5.41, 5.74) is 0. The molecule has 0 N–H and O–H groups in total. The third kappa shape index (κ3) is 0.598. The van der Waals surface area contributed by atoms with E-state index in [1.54, 1.807) is 18.4 Å². The first kappa shape index (κ1) is 5.06. The second kappa shape index (κ2) is 1.61. The van der Waals surface area contributed by atoms with Crippen molar-refractivity contribution in [3.8, 4) is 5.75 Å². The second-order valence-corrected chi connectivity index (χ2v) is 3.03. The highest BCUT2D eigenvalue weighted by atomic mass is 32.1. The van der Waals surface area contributed by atoms with E-state index in [9.17, 15) is 0 Å². The molecule has 0 unspecified atom stereocenters. The Morgan fingerprint density at radius 2 is 2.33 bits per heavy atom. The van der Waals surface area contributed by atoms with Crippen molar-refractivity contribution in [2.45, 2.75) is 0 Å². The number of ether oxygens (including phenoxy) is 1. The minimum atomic E-state index is 1.01. The lowest BCUT2D eigenvalue weighted by atomic mass is 10.3. The molecule has 0 fully saturated rings. The van der Waals surface area contributed by atoms with Crippen LogP contribution in [-0.4, -0.2) is 7.11 Å². The number of thiophene rings is 2. The SMILES string of the molecule is COc1cc2ccc1s2. The lowest BCUT2D eigenvalue weighted by Gasteiger charge is -1.92. The zero-order valence-electron chi connectivity index (χ0n) is 5.05. The zero-order valence-corrected chi connectivity index (χ0v) is 5.87. The first-order valence-electron chi connectivity index (χ1n) is 2.76. The maximum Gasteiger partial charge on any atom is 0.137 e. The Labute approximate surface area is 57.2 Å². The van der Waals surface area contributed by atoms with E-state index in [-0.39, 0.29) is 0 Å². The van der Waals surface area contributed by atoms with Crippen LogP contribution in [0.4, 0.5) is 0 Å². The third-order valence-electron chi connectivity index (χ3n) is 1.36. The average molecular weight is 138 g/mol. The van der Waals surface area contributed by atoms with Crippen molar-refractivity contribution in [2.24, 2.45) is 0 Å². The summed E-state index contributed by atoms with van der Waals surface area (Å²) in [4.78, 5) is 0. The van der Waals surface area contributed by atoms with Gasteiger partial charge in [-0.05, 0) is 18.2 Å². The van der Waals surface area contributed by atoms with Gasteiger partial charge in [0.15, 0.2) is 0 Å². The van der Waals surface area contributed by atoms with Crippen molar-refractivity contribution in [3.63, 3.8) is 0 Å². The highest BCUT2D eigenvalue weighted by Gasteiger charge is 2.02. The Morgan fingerprint density at radius 3 is 2.67 bits per heavy atom. The van der Waals surface area contributed by atoms with Gasteiger partial charge >= 0.3 is 0 Å². The quantitative estimate of drug-likeness (QED) is 0.587. The van der Waals surface area contributed by atoms with Crippen LogP contribution in [0.2, 0.25) is 0 Å². The lowest BCUT2D eigenvalue weighted by Crippen LogP contribution is -1.77. The highest BCUT2D eigenvalue weighted by Crippen LogP contribution is 2.33. The van der Waals surface area contributed by atoms with Crippen molar-refractivity contribution in [3.05, 3.63) is 18.2 Å². The molecule has 2 rings (SSSR count). The van der Waals surface area contributed by atoms with Gasteiger partial charge in [-0.1, -0.05) is 0 Å². The molecule has 2 aromatic rings. The van der Waals surface area contributed by atoms with Gasteiger partial charge in [-0.15, -0.1) is 11.3 Å². The van der Waals surface area contributed by atoms with E-state index in [0.29, 0.717) is 0 Å². The van der Waals surface area contributed by atoms with Gasteiger partial charge in [0.1, 0.15) is 5.75 Å². The second-order valence-electron chi connectivity index (χ2n) is 1.91. The topological polar surface area (TPSA) is 9.23 Å². The fourth-order valence-corrected chi connectivity index (χ4v) is 1.86. The van der Waals surface area contributed by atoms with Gasteiger partial charge in [-0.2, -0.15) is 0 Å². The lowest BCUT2D eigenvalue weighted by molar-refractivity contribution is 0.421. The summed E-state index contributed by atoms with van der Waals surface area (Å²) in [5, 5.41) is 0. The molecule has 0 aromatic carbocycles. The molecule has 0 aliphatic rings. The van der Waals surface area contributed by atoms with Crippen LogP contribution in [0, 0.1) is 0 Å². The Bertz CT molecular complexity index is 299. The molecule has 0 aliphatic carbocycles. The number of methoxy groups -OCH3 is 1. The number of benzene rings is 1. The van der Waals surface area contributed by atoms with Gasteiger partial charge in [0.25, 0.3) is 0 Å². The molecular formula is C7H6OS. The maximum atomic E-state index is 5.08. The van der Waals surface area contributed by atoms with E-state index in [2.05, 4.69) is 18.2 Å². The van der Waals surface area contributed by atoms with Crippen LogP contribution in [0.3, 0.4) is 0 Å². The van der Waals surface area contributed by atoms with Crippen LogP contribution < -0.4 is 4.74 Å². The minimum Gasteiger partial charge on any atom is -0.495 e. The Balaban J connectivity index is 2.72. The molecule has 0 saturated carbocycles. The van der Waals surface area contributed by atoms with Crippen molar-refractivity contribution >= 4 is 20.7 Å². The molecule has 1 nitrogen and oxygen atoms in total. The number of fused-ring (bicyclic) bond motifs is 2. The fraction of sp³-hybridized carbons (Fsp3) is 0.143. The summed E-state index contributed by atoms with van der Waals surface area (Å²) in [6, 6.07) is 6.24. The Morgan fingerprint density at radius 1 is 1.44 bits per heavy atom. The Hall–Kier alpha value is -0.760. The molecule has 0 atom stereocenters. The van der Waals surface area contributed by atoms with Crippen LogP contribution >= 0.6 is 11.3 Å². The van der Waals surface area contributed by atoms with Gasteiger partial charge in [0.2, 0.25) is 0 Å². The number of rotatable bonds is 1. The maximum absolute atomic E-state index is 5.08. The molecule has 2 heterocycles. The first-order valence-corrected chi connectivity index (χ1v) is 3.58. The predicted molar refractivity (Wildman–Crippen MR) is 39.6 cm³/mol. The summed E-state index contributed by atoms with van der Waals surface area (Å²) >= 11 is 1.77. The third-order valence-corrected chi connectivity index (χ3v) is 2.41. The van der Waals surface area contributed by atoms with Crippen molar-refractivity contribution in [2.75, 3.05) is 7.11 Å². The van der Waals surface area contributed by atoms with Crippen LogP contribution in [0.5, 0.6) is 5.75 Å². The average Bonchev–Trinajstić information content (AvgIpc) is 2.45. The van der Waals surface area contributed by atoms with Gasteiger partial charge < -0.3 is 4.74 Å². The van der Waals surface area contributed by atoms with E-state index in [1.807, 2.05) is 0 Å². The van der Waals surface area contributed by atoms with Gasteiger partial charge in [0, 0.05) is 4.70 Å². The molecule has 2 aromatic heterocycles. The van der Waals surface area contributed by atoms with E-state index in [0.717, 1.165) is 5.75 Å². The van der Waals surface area contributed by atoms with Gasteiger partial charge in [-0.3, -0.25) is 0 Å². The van der Waals surface area contributed by atoms with Gasteiger partial charge in [0.05, 0.1) is 11.8 Å². The van der Waals surface area contributed by atoms with E-state index in [4.69, 9.17) is 4.74 Å². The molecular weight excluding hydrogens is 132 g/mol.